The third kappa shape index (κ3) is 4.91. The molecule has 5 rings (SSSR count). The van der Waals surface area contributed by atoms with Gasteiger partial charge in [0.1, 0.15) is 5.69 Å². The van der Waals surface area contributed by atoms with E-state index < -0.39 is 11.7 Å². The van der Waals surface area contributed by atoms with E-state index in [0.717, 1.165) is 16.5 Å². The molecule has 3 aromatic carbocycles. The molecular formula is C26H20ClN5O4. The van der Waals surface area contributed by atoms with E-state index in [0.29, 0.717) is 27.5 Å². The highest BCUT2D eigenvalue weighted by molar-refractivity contribution is 6.31. The summed E-state index contributed by atoms with van der Waals surface area (Å²) in [5.74, 6) is -1.19. The zero-order valence-electron chi connectivity index (χ0n) is 19.0. The molecule has 0 spiro atoms. The van der Waals surface area contributed by atoms with Crippen LogP contribution in [0.15, 0.2) is 76.0 Å². The fourth-order valence-corrected chi connectivity index (χ4v) is 4.11. The lowest BCUT2D eigenvalue weighted by molar-refractivity contribution is -0.115. The summed E-state index contributed by atoms with van der Waals surface area (Å²) in [7, 11) is 0. The Morgan fingerprint density at radius 3 is 2.58 bits per heavy atom. The first-order valence-electron chi connectivity index (χ1n) is 11.0. The number of amides is 2. The van der Waals surface area contributed by atoms with Gasteiger partial charge in [-0.15, -0.1) is 0 Å². The average molecular weight is 502 g/mol. The summed E-state index contributed by atoms with van der Waals surface area (Å²) in [6.45, 7) is 1.98. The van der Waals surface area contributed by atoms with Crippen LogP contribution in [0.1, 0.15) is 21.6 Å². The minimum Gasteiger partial charge on any atom is -0.349 e. The van der Waals surface area contributed by atoms with Crippen molar-refractivity contribution in [1.29, 1.82) is 0 Å². The third-order valence-electron chi connectivity index (χ3n) is 5.55. The molecule has 10 heteroatoms. The molecule has 5 aromatic rings. The number of aromatic nitrogens is 3. The van der Waals surface area contributed by atoms with Crippen LogP contribution in [-0.4, -0.2) is 26.9 Å². The van der Waals surface area contributed by atoms with Crippen LogP contribution in [0.5, 0.6) is 0 Å². The van der Waals surface area contributed by atoms with Gasteiger partial charge in [0.15, 0.2) is 5.82 Å². The predicted octanol–water partition coefficient (Wildman–Crippen LogP) is 4.91. The standard InChI is InChI=1S/C26H20ClN5O4/c1-14-4-2-5-15(10-14)11-22(33)28-20-7-3-6-16-12-21(29-23(16)20)25(34)30-19-9-8-17(27)13-18(19)24-31-26(35)36-32-24/h2-10,12-13,29H,11H2,1H3,(H,28,33)(H,30,34)(H,31,32,35). The highest BCUT2D eigenvalue weighted by Gasteiger charge is 2.17. The first-order valence-corrected chi connectivity index (χ1v) is 11.4. The summed E-state index contributed by atoms with van der Waals surface area (Å²) >= 11 is 6.09. The molecule has 0 bridgehead atoms. The smallest absolute Gasteiger partial charge is 0.349 e. The van der Waals surface area contributed by atoms with E-state index >= 15 is 0 Å². The van der Waals surface area contributed by atoms with Crippen molar-refractivity contribution in [2.45, 2.75) is 13.3 Å². The van der Waals surface area contributed by atoms with Crippen molar-refractivity contribution >= 4 is 45.7 Å². The number of para-hydroxylation sites is 1. The van der Waals surface area contributed by atoms with Crippen LogP contribution in [0.25, 0.3) is 22.3 Å². The van der Waals surface area contributed by atoms with Gasteiger partial charge in [-0.1, -0.05) is 58.7 Å². The number of hydrogen-bond acceptors (Lipinski definition) is 5. The number of H-pyrrole nitrogens is 2. The van der Waals surface area contributed by atoms with Crippen LogP contribution in [0.4, 0.5) is 11.4 Å². The van der Waals surface area contributed by atoms with Crippen LogP contribution >= 0.6 is 11.6 Å². The maximum atomic E-state index is 13.1. The van der Waals surface area contributed by atoms with Crippen molar-refractivity contribution in [2.75, 3.05) is 10.6 Å². The maximum Gasteiger partial charge on any atom is 0.439 e. The number of aromatic amines is 2. The van der Waals surface area contributed by atoms with Crippen LogP contribution < -0.4 is 16.4 Å². The number of carbonyl (C=O) groups is 2. The Morgan fingerprint density at radius 2 is 1.81 bits per heavy atom. The topological polar surface area (TPSA) is 133 Å². The Hall–Kier alpha value is -4.63. The quantitative estimate of drug-likeness (QED) is 0.262. The van der Waals surface area contributed by atoms with Crippen molar-refractivity contribution in [3.8, 4) is 11.4 Å². The van der Waals surface area contributed by atoms with Gasteiger partial charge in [-0.25, -0.2) is 4.79 Å². The number of halogens is 1. The van der Waals surface area contributed by atoms with E-state index in [2.05, 4.69) is 30.3 Å². The average Bonchev–Trinajstić information content (AvgIpc) is 3.47. The van der Waals surface area contributed by atoms with Gasteiger partial charge in [-0.3, -0.25) is 19.1 Å². The Labute approximate surface area is 209 Å². The molecule has 36 heavy (non-hydrogen) atoms. The first-order chi connectivity index (χ1) is 17.4. The lowest BCUT2D eigenvalue weighted by Gasteiger charge is -2.09. The minimum atomic E-state index is -0.727. The lowest BCUT2D eigenvalue weighted by atomic mass is 10.1. The summed E-state index contributed by atoms with van der Waals surface area (Å²) in [6.07, 6.45) is 0.232. The van der Waals surface area contributed by atoms with Gasteiger partial charge in [0.05, 0.1) is 23.3 Å². The van der Waals surface area contributed by atoms with Gasteiger partial charge in [0.25, 0.3) is 5.91 Å². The molecule has 9 nitrogen and oxygen atoms in total. The van der Waals surface area contributed by atoms with Gasteiger partial charge < -0.3 is 15.6 Å². The molecule has 0 radical (unpaired) electrons. The number of hydrogen-bond donors (Lipinski definition) is 4. The summed E-state index contributed by atoms with van der Waals surface area (Å²) < 4.78 is 4.57. The summed E-state index contributed by atoms with van der Waals surface area (Å²) in [5, 5.41) is 10.5. The molecule has 0 atom stereocenters. The predicted molar refractivity (Wildman–Crippen MR) is 137 cm³/mol. The van der Waals surface area contributed by atoms with E-state index in [-0.39, 0.29) is 23.8 Å². The van der Waals surface area contributed by atoms with Crippen molar-refractivity contribution in [1.82, 2.24) is 15.1 Å². The molecule has 0 saturated heterocycles. The van der Waals surface area contributed by atoms with E-state index in [4.69, 9.17) is 11.6 Å². The monoisotopic (exact) mass is 501 g/mol. The van der Waals surface area contributed by atoms with Crippen LogP contribution in [-0.2, 0) is 11.2 Å². The van der Waals surface area contributed by atoms with E-state index in [1.54, 1.807) is 36.4 Å². The van der Waals surface area contributed by atoms with Gasteiger partial charge in [-0.05, 0) is 42.8 Å². The van der Waals surface area contributed by atoms with Crippen LogP contribution in [0, 0.1) is 6.92 Å². The Kier molecular flexibility index (Phi) is 6.14. The summed E-state index contributed by atoms with van der Waals surface area (Å²) in [6, 6.07) is 19.6. The molecule has 2 amide bonds. The number of aryl methyl sites for hydroxylation is 1. The van der Waals surface area contributed by atoms with Crippen molar-refractivity contribution in [3.05, 3.63) is 99.1 Å². The van der Waals surface area contributed by atoms with Crippen LogP contribution in [0.2, 0.25) is 5.02 Å². The Balaban J connectivity index is 1.38. The maximum absolute atomic E-state index is 13.1. The number of nitrogens with one attached hydrogen (secondary N) is 4. The van der Waals surface area contributed by atoms with Gasteiger partial charge in [0, 0.05) is 16.0 Å². The lowest BCUT2D eigenvalue weighted by Crippen LogP contribution is -2.15. The minimum absolute atomic E-state index is 0.132. The zero-order valence-corrected chi connectivity index (χ0v) is 19.8. The molecule has 0 aliphatic rings. The Bertz CT molecular complexity index is 1670. The van der Waals surface area contributed by atoms with E-state index in [1.165, 1.54) is 0 Å². The molecule has 180 valence electrons. The molecule has 2 heterocycles. The third-order valence-corrected chi connectivity index (χ3v) is 5.78. The molecule has 0 fully saturated rings. The molecule has 4 N–H and O–H groups in total. The first kappa shape index (κ1) is 23.1. The van der Waals surface area contributed by atoms with E-state index in [1.807, 2.05) is 37.3 Å². The number of anilines is 2. The summed E-state index contributed by atoms with van der Waals surface area (Å²) in [5.41, 5.74) is 4.23. The largest absolute Gasteiger partial charge is 0.439 e. The zero-order chi connectivity index (χ0) is 25.2. The van der Waals surface area contributed by atoms with Crippen molar-refractivity contribution < 1.29 is 14.1 Å². The number of benzene rings is 3. The Morgan fingerprint density at radius 1 is 0.972 bits per heavy atom. The molecule has 0 aliphatic carbocycles. The number of fused-ring (bicyclic) bond motifs is 1. The molecule has 0 saturated carbocycles. The van der Waals surface area contributed by atoms with Gasteiger partial charge in [0.2, 0.25) is 5.91 Å². The highest BCUT2D eigenvalue weighted by Crippen LogP contribution is 2.29. The van der Waals surface area contributed by atoms with E-state index in [9.17, 15) is 14.4 Å². The highest BCUT2D eigenvalue weighted by atomic mass is 35.5. The second kappa shape index (κ2) is 9.55. The normalized spacial score (nSPS) is 10.9. The van der Waals surface area contributed by atoms with Gasteiger partial charge in [-0.2, -0.15) is 0 Å². The van der Waals surface area contributed by atoms with Crippen molar-refractivity contribution in [2.24, 2.45) is 0 Å². The fraction of sp³-hybridized carbons (Fsp3) is 0.0769. The van der Waals surface area contributed by atoms with Crippen molar-refractivity contribution in [3.63, 3.8) is 0 Å². The molecular weight excluding hydrogens is 482 g/mol. The molecule has 0 aliphatic heterocycles. The van der Waals surface area contributed by atoms with Gasteiger partial charge >= 0.3 is 5.76 Å². The number of carbonyl (C=O) groups excluding carboxylic acids is 2. The molecule has 0 unspecified atom stereocenters. The molecule has 2 aromatic heterocycles. The number of rotatable bonds is 6. The van der Waals surface area contributed by atoms with Crippen LogP contribution in [0.3, 0.4) is 0 Å². The number of nitrogens with zero attached hydrogens (tertiary/aromatic N) is 1. The fourth-order valence-electron chi connectivity index (χ4n) is 3.94. The summed E-state index contributed by atoms with van der Waals surface area (Å²) in [4.78, 5) is 42.7. The second-order valence-electron chi connectivity index (χ2n) is 8.25. The SMILES string of the molecule is Cc1cccc(CC(=O)Nc2cccc3cc(C(=O)Nc4ccc(Cl)cc4-c4noc(=O)[nH]4)[nH]c23)c1. The second-order valence-corrected chi connectivity index (χ2v) is 8.69.